The van der Waals surface area contributed by atoms with Crippen LogP contribution in [0, 0.1) is 0 Å². The van der Waals surface area contributed by atoms with Gasteiger partial charge in [0.25, 0.3) is 0 Å². The maximum atomic E-state index is 11.9. The molecule has 0 spiro atoms. The lowest BCUT2D eigenvalue weighted by Gasteiger charge is -2.17. The molecule has 17 heavy (non-hydrogen) atoms. The SMILES string of the molecule is CNC(COCC(F)(F)F)c1ccc(Cl)cc1. The van der Waals surface area contributed by atoms with E-state index in [9.17, 15) is 13.2 Å². The highest BCUT2D eigenvalue weighted by molar-refractivity contribution is 6.30. The zero-order valence-electron chi connectivity index (χ0n) is 9.22. The Morgan fingerprint density at radius 1 is 1.29 bits per heavy atom. The van der Waals surface area contributed by atoms with E-state index in [1.807, 2.05) is 0 Å². The molecule has 96 valence electrons. The van der Waals surface area contributed by atoms with Crippen LogP contribution in [0.1, 0.15) is 11.6 Å². The Hall–Kier alpha value is -0.780. The minimum atomic E-state index is -4.29. The van der Waals surface area contributed by atoms with Crippen molar-refractivity contribution in [1.29, 1.82) is 0 Å². The second-order valence-corrected chi connectivity index (χ2v) is 3.96. The topological polar surface area (TPSA) is 21.3 Å². The fraction of sp³-hybridized carbons (Fsp3) is 0.455. The van der Waals surface area contributed by atoms with Gasteiger partial charge in [-0.3, -0.25) is 0 Å². The van der Waals surface area contributed by atoms with Crippen LogP contribution in [0.5, 0.6) is 0 Å². The second-order valence-electron chi connectivity index (χ2n) is 3.52. The first-order valence-electron chi connectivity index (χ1n) is 4.99. The van der Waals surface area contributed by atoms with Gasteiger partial charge in [-0.2, -0.15) is 13.2 Å². The van der Waals surface area contributed by atoms with E-state index < -0.39 is 12.8 Å². The first kappa shape index (κ1) is 14.3. The molecule has 1 atom stereocenters. The van der Waals surface area contributed by atoms with Gasteiger partial charge >= 0.3 is 6.18 Å². The Morgan fingerprint density at radius 2 is 1.88 bits per heavy atom. The second kappa shape index (κ2) is 6.23. The van der Waals surface area contributed by atoms with Crippen LogP contribution in [0.2, 0.25) is 5.02 Å². The molecule has 6 heteroatoms. The van der Waals surface area contributed by atoms with Crippen LogP contribution in [0.15, 0.2) is 24.3 Å². The first-order chi connectivity index (χ1) is 7.92. The Balaban J connectivity index is 2.51. The molecule has 0 saturated heterocycles. The van der Waals surface area contributed by atoms with Gasteiger partial charge < -0.3 is 10.1 Å². The van der Waals surface area contributed by atoms with Crippen molar-refractivity contribution in [3.8, 4) is 0 Å². The van der Waals surface area contributed by atoms with E-state index in [1.165, 1.54) is 0 Å². The summed E-state index contributed by atoms with van der Waals surface area (Å²) in [6.07, 6.45) is -4.29. The highest BCUT2D eigenvalue weighted by Gasteiger charge is 2.27. The summed E-state index contributed by atoms with van der Waals surface area (Å²) in [6.45, 7) is -1.28. The van der Waals surface area contributed by atoms with E-state index in [1.54, 1.807) is 31.3 Å². The smallest absolute Gasteiger partial charge is 0.370 e. The molecule has 0 fully saturated rings. The molecule has 1 rings (SSSR count). The van der Waals surface area contributed by atoms with Gasteiger partial charge in [-0.05, 0) is 24.7 Å². The van der Waals surface area contributed by atoms with Gasteiger partial charge in [0, 0.05) is 5.02 Å². The summed E-state index contributed by atoms with van der Waals surface area (Å²) >= 11 is 5.72. The molecule has 0 aliphatic carbocycles. The van der Waals surface area contributed by atoms with Gasteiger partial charge in [0.05, 0.1) is 12.6 Å². The van der Waals surface area contributed by atoms with Crippen LogP contribution < -0.4 is 5.32 Å². The average Bonchev–Trinajstić information content (AvgIpc) is 2.24. The van der Waals surface area contributed by atoms with Crippen LogP contribution in [0.25, 0.3) is 0 Å². The number of nitrogens with one attached hydrogen (secondary N) is 1. The van der Waals surface area contributed by atoms with E-state index in [2.05, 4.69) is 10.1 Å². The van der Waals surface area contributed by atoms with Crippen molar-refractivity contribution in [2.45, 2.75) is 12.2 Å². The van der Waals surface area contributed by atoms with E-state index >= 15 is 0 Å². The van der Waals surface area contributed by atoms with Gasteiger partial charge in [-0.15, -0.1) is 0 Å². The van der Waals surface area contributed by atoms with Gasteiger partial charge in [0.15, 0.2) is 0 Å². The number of alkyl halides is 3. The molecular weight excluding hydrogens is 255 g/mol. The Labute approximate surface area is 103 Å². The van der Waals surface area contributed by atoms with Crippen LogP contribution >= 0.6 is 11.6 Å². The molecule has 0 heterocycles. The summed E-state index contributed by atoms with van der Waals surface area (Å²) in [5.41, 5.74) is 0.832. The van der Waals surface area contributed by atoms with Crippen LogP contribution in [0.4, 0.5) is 13.2 Å². The number of benzene rings is 1. The molecule has 0 radical (unpaired) electrons. The van der Waals surface area contributed by atoms with Crippen molar-refractivity contribution >= 4 is 11.6 Å². The van der Waals surface area contributed by atoms with E-state index in [4.69, 9.17) is 11.6 Å². The summed E-state index contributed by atoms with van der Waals surface area (Å²) in [5, 5.41) is 3.47. The molecule has 0 aromatic heterocycles. The molecule has 1 N–H and O–H groups in total. The summed E-state index contributed by atoms with van der Waals surface area (Å²) in [5.74, 6) is 0. The predicted molar refractivity (Wildman–Crippen MR) is 60.1 cm³/mol. The molecule has 1 aromatic rings. The third-order valence-electron chi connectivity index (χ3n) is 2.17. The molecule has 0 bridgehead atoms. The van der Waals surface area contributed by atoms with Crippen molar-refractivity contribution in [3.63, 3.8) is 0 Å². The number of ether oxygens (including phenoxy) is 1. The zero-order valence-corrected chi connectivity index (χ0v) is 9.98. The fourth-order valence-electron chi connectivity index (χ4n) is 1.33. The molecule has 0 aliphatic heterocycles. The molecule has 0 amide bonds. The van der Waals surface area contributed by atoms with E-state index in [0.717, 1.165) is 5.56 Å². The number of hydrogen-bond donors (Lipinski definition) is 1. The molecule has 2 nitrogen and oxygen atoms in total. The molecule has 0 aliphatic rings. The summed E-state index contributed by atoms with van der Waals surface area (Å²) in [6, 6.07) is 6.59. The quantitative estimate of drug-likeness (QED) is 0.885. The summed E-state index contributed by atoms with van der Waals surface area (Å²) < 4.78 is 40.3. The number of likely N-dealkylation sites (N-methyl/N-ethyl adjacent to an activating group) is 1. The van der Waals surface area contributed by atoms with Gasteiger partial charge in [-0.1, -0.05) is 23.7 Å². The Kier molecular flexibility index (Phi) is 5.24. The lowest BCUT2D eigenvalue weighted by molar-refractivity contribution is -0.175. The molecular formula is C11H13ClF3NO. The minimum absolute atomic E-state index is 0.0440. The Bertz CT molecular complexity index is 340. The molecule has 1 aromatic carbocycles. The number of hydrogen-bond acceptors (Lipinski definition) is 2. The largest absolute Gasteiger partial charge is 0.411 e. The number of halogens is 4. The molecule has 1 unspecified atom stereocenters. The fourth-order valence-corrected chi connectivity index (χ4v) is 1.46. The summed E-state index contributed by atoms with van der Waals surface area (Å²) in [4.78, 5) is 0. The van der Waals surface area contributed by atoms with Crippen LogP contribution in [-0.2, 0) is 4.74 Å². The Morgan fingerprint density at radius 3 is 2.35 bits per heavy atom. The van der Waals surface area contributed by atoms with Gasteiger partial charge in [-0.25, -0.2) is 0 Å². The summed E-state index contributed by atoms with van der Waals surface area (Å²) in [7, 11) is 1.66. The predicted octanol–water partition coefficient (Wildman–Crippen LogP) is 3.18. The third kappa shape index (κ3) is 5.39. The van der Waals surface area contributed by atoms with Crippen LogP contribution in [0.3, 0.4) is 0 Å². The third-order valence-corrected chi connectivity index (χ3v) is 2.42. The van der Waals surface area contributed by atoms with Crippen molar-refractivity contribution < 1.29 is 17.9 Å². The normalized spacial score (nSPS) is 13.7. The van der Waals surface area contributed by atoms with Crippen LogP contribution in [-0.4, -0.2) is 26.4 Å². The van der Waals surface area contributed by atoms with E-state index in [-0.39, 0.29) is 12.6 Å². The lowest BCUT2D eigenvalue weighted by Crippen LogP contribution is -2.25. The standard InChI is InChI=1S/C11H13ClF3NO/c1-16-10(6-17-7-11(13,14)15)8-2-4-9(12)5-3-8/h2-5,10,16H,6-7H2,1H3. The van der Waals surface area contributed by atoms with Crippen molar-refractivity contribution in [2.24, 2.45) is 0 Å². The minimum Gasteiger partial charge on any atom is -0.370 e. The van der Waals surface area contributed by atoms with Crippen molar-refractivity contribution in [2.75, 3.05) is 20.3 Å². The molecule has 0 saturated carbocycles. The first-order valence-corrected chi connectivity index (χ1v) is 5.37. The maximum absolute atomic E-state index is 11.9. The van der Waals surface area contributed by atoms with Crippen molar-refractivity contribution in [3.05, 3.63) is 34.9 Å². The maximum Gasteiger partial charge on any atom is 0.411 e. The zero-order chi connectivity index (χ0) is 12.9. The van der Waals surface area contributed by atoms with Gasteiger partial charge in [0.1, 0.15) is 6.61 Å². The number of rotatable bonds is 5. The highest BCUT2D eigenvalue weighted by atomic mass is 35.5. The monoisotopic (exact) mass is 267 g/mol. The lowest BCUT2D eigenvalue weighted by atomic mass is 10.1. The van der Waals surface area contributed by atoms with E-state index in [0.29, 0.717) is 5.02 Å². The average molecular weight is 268 g/mol. The van der Waals surface area contributed by atoms with Gasteiger partial charge in [0.2, 0.25) is 0 Å². The highest BCUT2D eigenvalue weighted by Crippen LogP contribution is 2.19. The van der Waals surface area contributed by atoms with Crippen molar-refractivity contribution in [1.82, 2.24) is 5.32 Å².